The summed E-state index contributed by atoms with van der Waals surface area (Å²) >= 11 is 0. The number of hydrogen-bond donors (Lipinski definition) is 1. The van der Waals surface area contributed by atoms with Crippen molar-refractivity contribution in [3.05, 3.63) is 58.8 Å². The second-order valence-corrected chi connectivity index (χ2v) is 11.3. The van der Waals surface area contributed by atoms with E-state index in [0.29, 0.717) is 31.1 Å². The molecule has 0 bridgehead atoms. The van der Waals surface area contributed by atoms with E-state index in [1.807, 2.05) is 0 Å². The van der Waals surface area contributed by atoms with E-state index in [1.54, 1.807) is 0 Å². The molecule has 2 unspecified atom stereocenters. The lowest BCUT2D eigenvalue weighted by Gasteiger charge is -2.34. The zero-order valence-electron chi connectivity index (χ0n) is 22.1. The van der Waals surface area contributed by atoms with E-state index in [-0.39, 0.29) is 6.04 Å². The third kappa shape index (κ3) is 4.19. The van der Waals surface area contributed by atoms with Gasteiger partial charge in [0.2, 0.25) is 0 Å². The van der Waals surface area contributed by atoms with Crippen molar-refractivity contribution in [3.8, 4) is 12.1 Å². The van der Waals surface area contributed by atoms with Crippen molar-refractivity contribution in [2.24, 2.45) is 0 Å². The van der Waals surface area contributed by atoms with E-state index >= 15 is 0 Å². The number of hydrogen-bond acceptors (Lipinski definition) is 8. The molecule has 2 aromatic carbocycles. The summed E-state index contributed by atoms with van der Waals surface area (Å²) in [6.45, 7) is 5.86. The first kappa shape index (κ1) is 23.8. The normalized spacial score (nSPS) is 25.2. The molecular formula is C30H35N7O. The third-order valence-electron chi connectivity index (χ3n) is 8.97. The van der Waals surface area contributed by atoms with Crippen molar-refractivity contribution in [1.82, 2.24) is 25.1 Å². The fraction of sp³-hybridized carbons (Fsp3) is 0.500. The SMILES string of the molecule is CN1CCCC1COc1nc2c(c(N3CCN[C@@H](CC#N)C3)n1)CN(C1Cc3cccc4cccc1c34)C2. The molecule has 3 atom stereocenters. The molecule has 0 radical (unpaired) electrons. The van der Waals surface area contributed by atoms with Crippen LogP contribution in [-0.2, 0) is 19.5 Å². The summed E-state index contributed by atoms with van der Waals surface area (Å²) in [6.07, 6.45) is 3.90. The highest BCUT2D eigenvalue weighted by atomic mass is 16.5. The fourth-order valence-corrected chi connectivity index (χ4v) is 6.95. The molecule has 2 fully saturated rings. The van der Waals surface area contributed by atoms with E-state index < -0.39 is 0 Å². The van der Waals surface area contributed by atoms with E-state index in [9.17, 15) is 5.26 Å². The number of aromatic nitrogens is 2. The van der Waals surface area contributed by atoms with Gasteiger partial charge in [-0.15, -0.1) is 0 Å². The van der Waals surface area contributed by atoms with Crippen molar-refractivity contribution in [2.75, 3.05) is 44.7 Å². The number of rotatable bonds is 6. The Kier molecular flexibility index (Phi) is 6.15. The molecule has 7 rings (SSSR count). The molecule has 0 spiro atoms. The molecule has 0 amide bonds. The van der Waals surface area contributed by atoms with Gasteiger partial charge >= 0.3 is 6.01 Å². The van der Waals surface area contributed by atoms with Crippen LogP contribution in [0.25, 0.3) is 10.8 Å². The van der Waals surface area contributed by atoms with Gasteiger partial charge in [0.05, 0.1) is 18.2 Å². The van der Waals surface area contributed by atoms with Gasteiger partial charge in [-0.2, -0.15) is 15.2 Å². The van der Waals surface area contributed by atoms with Crippen molar-refractivity contribution < 1.29 is 4.74 Å². The summed E-state index contributed by atoms with van der Waals surface area (Å²) < 4.78 is 6.27. The zero-order chi connectivity index (χ0) is 25.6. The van der Waals surface area contributed by atoms with Crippen molar-refractivity contribution in [2.45, 2.75) is 56.9 Å². The highest BCUT2D eigenvalue weighted by molar-refractivity contribution is 5.91. The van der Waals surface area contributed by atoms with Gasteiger partial charge in [0.25, 0.3) is 0 Å². The molecule has 4 heterocycles. The Balaban J connectivity index is 1.19. The standard InChI is InChI=1S/C30H35N7O/c1-35-13-4-8-23(35)19-38-30-33-26-18-37(27-15-21-7-2-5-20-6-3-9-24(27)28(20)21)17-25(26)29(34-30)36-14-12-32-22(16-36)10-11-31/h2-3,5-7,9,22-23,27,32H,4,8,10,12-19H2,1H3/t22-,23?,27?/m0/s1. The predicted molar refractivity (Wildman–Crippen MR) is 147 cm³/mol. The number of ether oxygens (including phenoxy) is 1. The van der Waals surface area contributed by atoms with E-state index in [1.165, 1.54) is 33.9 Å². The van der Waals surface area contributed by atoms with Crippen LogP contribution >= 0.6 is 0 Å². The average Bonchev–Trinajstić information content (AvgIpc) is 3.65. The molecule has 0 saturated carbocycles. The minimum atomic E-state index is 0.148. The van der Waals surface area contributed by atoms with Crippen LogP contribution in [0.1, 0.15) is 47.7 Å². The average molecular weight is 510 g/mol. The molecule has 4 aliphatic rings. The lowest BCUT2D eigenvalue weighted by molar-refractivity contribution is 0.186. The Morgan fingerprint density at radius 2 is 2.03 bits per heavy atom. The summed E-state index contributed by atoms with van der Waals surface area (Å²) in [4.78, 5) is 17.3. The minimum Gasteiger partial charge on any atom is -0.462 e. The summed E-state index contributed by atoms with van der Waals surface area (Å²) in [5.74, 6) is 0.991. The van der Waals surface area contributed by atoms with Crippen molar-refractivity contribution >= 4 is 16.6 Å². The van der Waals surface area contributed by atoms with Gasteiger partial charge in [-0.05, 0) is 54.8 Å². The molecule has 196 valence electrons. The first-order chi connectivity index (χ1) is 18.7. The Morgan fingerprint density at radius 3 is 2.87 bits per heavy atom. The molecule has 2 saturated heterocycles. The maximum atomic E-state index is 9.30. The number of likely N-dealkylation sites (N-methyl/N-ethyl adjacent to an activating group) is 1. The maximum Gasteiger partial charge on any atom is 0.318 e. The van der Waals surface area contributed by atoms with Crippen LogP contribution in [0.15, 0.2) is 36.4 Å². The Labute approximate surface area is 224 Å². The number of likely N-dealkylation sites (tertiary alicyclic amines) is 1. The molecule has 1 N–H and O–H groups in total. The van der Waals surface area contributed by atoms with Crippen LogP contribution in [0.3, 0.4) is 0 Å². The Hall–Kier alpha value is -3.25. The van der Waals surface area contributed by atoms with Gasteiger partial charge in [-0.1, -0.05) is 36.4 Å². The Morgan fingerprint density at radius 1 is 1.13 bits per heavy atom. The van der Waals surface area contributed by atoms with E-state index in [2.05, 4.69) is 69.5 Å². The number of anilines is 1. The van der Waals surface area contributed by atoms with Crippen molar-refractivity contribution in [1.29, 1.82) is 5.26 Å². The first-order valence-corrected chi connectivity index (χ1v) is 14.0. The summed E-state index contributed by atoms with van der Waals surface area (Å²) in [5.41, 5.74) is 5.17. The summed E-state index contributed by atoms with van der Waals surface area (Å²) in [5, 5.41) is 15.5. The first-order valence-electron chi connectivity index (χ1n) is 14.0. The van der Waals surface area contributed by atoms with Crippen LogP contribution < -0.4 is 15.0 Å². The fourth-order valence-electron chi connectivity index (χ4n) is 6.95. The second-order valence-electron chi connectivity index (χ2n) is 11.3. The van der Waals surface area contributed by atoms with Crippen LogP contribution in [0.4, 0.5) is 5.82 Å². The van der Waals surface area contributed by atoms with Gasteiger partial charge in [0.15, 0.2) is 0 Å². The monoisotopic (exact) mass is 509 g/mol. The molecule has 8 heteroatoms. The number of fused-ring (bicyclic) bond motifs is 1. The van der Waals surface area contributed by atoms with E-state index in [4.69, 9.17) is 14.7 Å². The van der Waals surface area contributed by atoms with E-state index in [0.717, 1.165) is 63.6 Å². The zero-order valence-corrected chi connectivity index (χ0v) is 22.1. The van der Waals surface area contributed by atoms with Crippen LogP contribution in [0.2, 0.25) is 0 Å². The number of piperazine rings is 1. The molecule has 8 nitrogen and oxygen atoms in total. The highest BCUT2D eigenvalue weighted by Gasteiger charge is 2.36. The second kappa shape index (κ2) is 9.81. The summed E-state index contributed by atoms with van der Waals surface area (Å²) in [7, 11) is 2.17. The molecule has 38 heavy (non-hydrogen) atoms. The number of benzene rings is 2. The topological polar surface area (TPSA) is 80.5 Å². The van der Waals surface area contributed by atoms with Gasteiger partial charge < -0.3 is 19.9 Å². The lowest BCUT2D eigenvalue weighted by Crippen LogP contribution is -2.51. The minimum absolute atomic E-state index is 0.148. The summed E-state index contributed by atoms with van der Waals surface area (Å²) in [6, 6.07) is 17.1. The molecule has 3 aromatic rings. The third-order valence-corrected chi connectivity index (χ3v) is 8.97. The number of nitriles is 1. The van der Waals surface area contributed by atoms with Crippen LogP contribution in [0, 0.1) is 11.3 Å². The van der Waals surface area contributed by atoms with Gasteiger partial charge in [0.1, 0.15) is 12.4 Å². The maximum absolute atomic E-state index is 9.30. The van der Waals surface area contributed by atoms with Crippen LogP contribution in [-0.4, -0.2) is 71.7 Å². The van der Waals surface area contributed by atoms with Crippen LogP contribution in [0.5, 0.6) is 6.01 Å². The number of nitrogens with zero attached hydrogens (tertiary/aromatic N) is 6. The quantitative estimate of drug-likeness (QED) is 0.542. The largest absolute Gasteiger partial charge is 0.462 e. The smallest absolute Gasteiger partial charge is 0.318 e. The van der Waals surface area contributed by atoms with Gasteiger partial charge in [0, 0.05) is 56.4 Å². The highest BCUT2D eigenvalue weighted by Crippen LogP contribution is 2.44. The van der Waals surface area contributed by atoms with Crippen molar-refractivity contribution in [3.63, 3.8) is 0 Å². The van der Waals surface area contributed by atoms with Gasteiger partial charge in [-0.3, -0.25) is 4.90 Å². The molecule has 3 aliphatic heterocycles. The molecular weight excluding hydrogens is 474 g/mol. The predicted octanol–water partition coefficient (Wildman–Crippen LogP) is 3.41. The number of nitrogens with one attached hydrogen (secondary N) is 1. The molecule has 1 aromatic heterocycles. The molecule has 1 aliphatic carbocycles. The lowest BCUT2D eigenvalue weighted by atomic mass is 10.0. The Bertz CT molecular complexity index is 1400. The van der Waals surface area contributed by atoms with Gasteiger partial charge in [-0.25, -0.2) is 0 Å².